The number of sulfone groups is 1. The van der Waals surface area contributed by atoms with E-state index >= 15 is 0 Å². The van der Waals surface area contributed by atoms with E-state index in [2.05, 4.69) is 4.98 Å². The fraction of sp³-hybridized carbons (Fsp3) is 0.278. The number of benzene rings is 1. The molecule has 4 rings (SSSR count). The predicted molar refractivity (Wildman–Crippen MR) is 95.1 cm³/mol. The summed E-state index contributed by atoms with van der Waals surface area (Å²) in [7, 11) is -3.03. The lowest BCUT2D eigenvalue weighted by molar-refractivity contribution is 0.100. The zero-order valence-electron chi connectivity index (χ0n) is 13.5. The number of carbonyl (C=O) groups excluding carboxylic acids is 1. The van der Waals surface area contributed by atoms with E-state index in [1.165, 1.54) is 0 Å². The van der Waals surface area contributed by atoms with Gasteiger partial charge in [-0.1, -0.05) is 0 Å². The van der Waals surface area contributed by atoms with Crippen molar-refractivity contribution in [1.29, 1.82) is 0 Å². The van der Waals surface area contributed by atoms with Crippen molar-refractivity contribution in [1.82, 2.24) is 4.98 Å². The maximum atomic E-state index is 12.0. The second-order valence-electron chi connectivity index (χ2n) is 6.52. The van der Waals surface area contributed by atoms with Gasteiger partial charge < -0.3 is 15.1 Å². The molecule has 0 bridgehead atoms. The van der Waals surface area contributed by atoms with Gasteiger partial charge in [-0.2, -0.15) is 0 Å². The van der Waals surface area contributed by atoms with Crippen LogP contribution in [0.25, 0.3) is 22.0 Å². The molecule has 2 aromatic heterocycles. The van der Waals surface area contributed by atoms with Gasteiger partial charge in [0.15, 0.2) is 9.84 Å². The minimum Gasteiger partial charge on any atom is -0.472 e. The van der Waals surface area contributed by atoms with Crippen molar-refractivity contribution in [3.8, 4) is 11.1 Å². The lowest BCUT2D eigenvalue weighted by atomic mass is 9.93. The lowest BCUT2D eigenvalue weighted by Gasteiger charge is -2.21. The van der Waals surface area contributed by atoms with Gasteiger partial charge in [-0.25, -0.2) is 8.42 Å². The molecule has 0 aliphatic carbocycles. The van der Waals surface area contributed by atoms with E-state index in [-0.39, 0.29) is 17.4 Å². The summed E-state index contributed by atoms with van der Waals surface area (Å²) in [6.07, 6.45) is 6.44. The van der Waals surface area contributed by atoms with E-state index in [9.17, 15) is 13.2 Å². The molecule has 0 radical (unpaired) electrons. The molecule has 1 aliphatic heterocycles. The average Bonchev–Trinajstić information content (AvgIpc) is 3.22. The molecular weight excluding hydrogens is 340 g/mol. The summed E-state index contributed by atoms with van der Waals surface area (Å²) in [5.41, 5.74) is 9.17. The zero-order chi connectivity index (χ0) is 17.6. The first-order chi connectivity index (χ1) is 11.9. The Balaban J connectivity index is 1.90. The molecular formula is C18H18N2O4S. The summed E-state index contributed by atoms with van der Waals surface area (Å²) in [4.78, 5) is 15.0. The number of aromatic amines is 1. The highest BCUT2D eigenvalue weighted by molar-refractivity contribution is 7.91. The first-order valence-electron chi connectivity index (χ1n) is 8.12. The number of amides is 1. The van der Waals surface area contributed by atoms with Gasteiger partial charge >= 0.3 is 0 Å². The molecule has 1 amide bonds. The van der Waals surface area contributed by atoms with Crippen LogP contribution in [0.2, 0.25) is 0 Å². The number of furan rings is 1. The van der Waals surface area contributed by atoms with Crippen molar-refractivity contribution in [2.45, 2.75) is 18.8 Å². The molecule has 0 spiro atoms. The monoisotopic (exact) mass is 358 g/mol. The maximum absolute atomic E-state index is 12.0. The minimum atomic E-state index is -3.03. The fourth-order valence-corrected chi connectivity index (χ4v) is 5.38. The van der Waals surface area contributed by atoms with Crippen LogP contribution in [-0.2, 0) is 9.84 Å². The van der Waals surface area contributed by atoms with E-state index < -0.39 is 15.7 Å². The molecule has 25 heavy (non-hydrogen) atoms. The van der Waals surface area contributed by atoms with Crippen molar-refractivity contribution in [3.63, 3.8) is 0 Å². The zero-order valence-corrected chi connectivity index (χ0v) is 14.3. The summed E-state index contributed by atoms with van der Waals surface area (Å²) < 4.78 is 29.2. The van der Waals surface area contributed by atoms with Crippen molar-refractivity contribution in [2.24, 2.45) is 5.73 Å². The van der Waals surface area contributed by atoms with Crippen LogP contribution >= 0.6 is 0 Å². The SMILES string of the molecule is NC(=O)c1cc(-c2ccoc2)cc2c(C3CCCS(=O)(=O)C3)c[nH]c12. The molecule has 1 aromatic carbocycles. The predicted octanol–water partition coefficient (Wildman–Crippen LogP) is 2.82. The standard InChI is InChI=1S/C18H18N2O4S/c19-18(21)15-7-13(11-3-4-24-9-11)6-14-16(8-20-17(14)15)12-2-1-5-25(22,23)10-12/h3-4,6-9,12,20H,1-2,5,10H2,(H2,19,21). The Labute approximate surface area is 144 Å². The molecule has 1 fully saturated rings. The number of rotatable bonds is 3. The molecule has 130 valence electrons. The first-order valence-corrected chi connectivity index (χ1v) is 9.94. The lowest BCUT2D eigenvalue weighted by Crippen LogP contribution is -2.23. The number of nitrogens with two attached hydrogens (primary N) is 1. The van der Waals surface area contributed by atoms with E-state index in [0.717, 1.165) is 28.5 Å². The number of carbonyl (C=O) groups is 1. The molecule has 3 N–H and O–H groups in total. The maximum Gasteiger partial charge on any atom is 0.250 e. The van der Waals surface area contributed by atoms with Gasteiger partial charge in [-0.15, -0.1) is 0 Å². The second kappa shape index (κ2) is 5.77. The summed E-state index contributed by atoms with van der Waals surface area (Å²) in [5, 5.41) is 0.842. The van der Waals surface area contributed by atoms with Crippen LogP contribution in [0.15, 0.2) is 41.3 Å². The molecule has 6 nitrogen and oxygen atoms in total. The van der Waals surface area contributed by atoms with Gasteiger partial charge in [-0.3, -0.25) is 4.79 Å². The van der Waals surface area contributed by atoms with Crippen LogP contribution in [0.5, 0.6) is 0 Å². The fourth-order valence-electron chi connectivity index (χ4n) is 3.65. The summed E-state index contributed by atoms with van der Waals surface area (Å²) in [6, 6.07) is 5.50. The summed E-state index contributed by atoms with van der Waals surface area (Å²) in [6.45, 7) is 0. The van der Waals surface area contributed by atoms with Crippen molar-refractivity contribution in [3.05, 3.63) is 48.0 Å². The molecule has 7 heteroatoms. The van der Waals surface area contributed by atoms with Gasteiger partial charge in [0, 0.05) is 17.1 Å². The third kappa shape index (κ3) is 2.84. The van der Waals surface area contributed by atoms with Crippen molar-refractivity contribution in [2.75, 3.05) is 11.5 Å². The average molecular weight is 358 g/mol. The number of nitrogens with one attached hydrogen (secondary N) is 1. The van der Waals surface area contributed by atoms with Gasteiger partial charge in [0.25, 0.3) is 5.91 Å². The number of hydrogen-bond donors (Lipinski definition) is 2. The number of fused-ring (bicyclic) bond motifs is 1. The third-order valence-corrected chi connectivity index (χ3v) is 6.67. The Kier molecular flexibility index (Phi) is 3.68. The highest BCUT2D eigenvalue weighted by Gasteiger charge is 2.28. The van der Waals surface area contributed by atoms with Crippen LogP contribution in [0.4, 0.5) is 0 Å². The molecule has 1 aliphatic rings. The highest BCUT2D eigenvalue weighted by Crippen LogP contribution is 2.36. The van der Waals surface area contributed by atoms with Gasteiger partial charge in [-0.05, 0) is 48.1 Å². The number of H-pyrrole nitrogens is 1. The quantitative estimate of drug-likeness (QED) is 0.751. The number of primary amides is 1. The van der Waals surface area contributed by atoms with Crippen LogP contribution in [0.3, 0.4) is 0 Å². The van der Waals surface area contributed by atoms with Crippen LogP contribution < -0.4 is 5.73 Å². The normalized spacial score (nSPS) is 19.9. The molecule has 3 heterocycles. The molecule has 0 saturated carbocycles. The first kappa shape index (κ1) is 16.0. The largest absolute Gasteiger partial charge is 0.472 e. The Bertz CT molecular complexity index is 1050. The Morgan fingerprint density at radius 2 is 2.12 bits per heavy atom. The third-order valence-electron chi connectivity index (χ3n) is 4.84. The highest BCUT2D eigenvalue weighted by atomic mass is 32.2. The summed E-state index contributed by atoms with van der Waals surface area (Å²) in [5.74, 6) is -0.215. The molecule has 1 saturated heterocycles. The Hall–Kier alpha value is -2.54. The Morgan fingerprint density at radius 3 is 2.80 bits per heavy atom. The van der Waals surface area contributed by atoms with Crippen LogP contribution in [0.1, 0.15) is 34.7 Å². The minimum absolute atomic E-state index is 0.0761. The van der Waals surface area contributed by atoms with E-state index in [1.54, 1.807) is 18.6 Å². The van der Waals surface area contributed by atoms with E-state index in [0.29, 0.717) is 17.5 Å². The molecule has 1 atom stereocenters. The molecule has 1 unspecified atom stereocenters. The van der Waals surface area contributed by atoms with Crippen molar-refractivity contribution >= 4 is 26.6 Å². The summed E-state index contributed by atoms with van der Waals surface area (Å²) >= 11 is 0. The van der Waals surface area contributed by atoms with Gasteiger partial charge in [0.2, 0.25) is 0 Å². The van der Waals surface area contributed by atoms with Crippen LogP contribution in [-0.4, -0.2) is 30.8 Å². The van der Waals surface area contributed by atoms with Crippen LogP contribution in [0, 0.1) is 0 Å². The smallest absolute Gasteiger partial charge is 0.250 e. The molecule has 3 aromatic rings. The van der Waals surface area contributed by atoms with E-state index in [1.807, 2.05) is 18.3 Å². The Morgan fingerprint density at radius 1 is 1.28 bits per heavy atom. The van der Waals surface area contributed by atoms with Crippen molar-refractivity contribution < 1.29 is 17.6 Å². The number of aromatic nitrogens is 1. The van der Waals surface area contributed by atoms with Gasteiger partial charge in [0.05, 0.1) is 35.1 Å². The van der Waals surface area contributed by atoms with Gasteiger partial charge in [0.1, 0.15) is 0 Å². The van der Waals surface area contributed by atoms with E-state index in [4.69, 9.17) is 10.2 Å². The topological polar surface area (TPSA) is 106 Å². The second-order valence-corrected chi connectivity index (χ2v) is 8.75. The number of hydrogen-bond acceptors (Lipinski definition) is 4.